The summed E-state index contributed by atoms with van der Waals surface area (Å²) in [5, 5.41) is 11.5. The second-order valence-electron chi connectivity index (χ2n) is 7.21. The molecule has 3 heterocycles. The monoisotopic (exact) mass is 465 g/mol. The normalized spacial score (nSPS) is 11.8. The maximum absolute atomic E-state index is 11.9. The Labute approximate surface area is 194 Å². The Morgan fingerprint density at radius 3 is 2.70 bits per heavy atom. The summed E-state index contributed by atoms with van der Waals surface area (Å²) in [5.41, 5.74) is 8.85. The van der Waals surface area contributed by atoms with Gasteiger partial charge in [-0.1, -0.05) is 17.8 Å². The number of primary amides is 1. The first kappa shape index (κ1) is 22.3. The molecule has 1 amide bonds. The number of benzene rings is 1. The van der Waals surface area contributed by atoms with Gasteiger partial charge >= 0.3 is 0 Å². The molecule has 1 aromatic carbocycles. The lowest BCUT2D eigenvalue weighted by molar-refractivity contribution is 0.0996. The number of rotatable bonds is 9. The number of carbonyl (C=O) groups excluding carboxylic acids is 1. The summed E-state index contributed by atoms with van der Waals surface area (Å²) in [5.74, 6) is 0.850. The van der Waals surface area contributed by atoms with Gasteiger partial charge in [-0.15, -0.1) is 0 Å². The highest BCUT2D eigenvalue weighted by molar-refractivity contribution is 7.98. The smallest absolute Gasteiger partial charge is 0.252 e. The number of carbonyl (C=O) groups is 1. The standard InChI is InChI=1S/C21H23N9O2S/c1-13-18(9-29(3)28-13)27-21-24-7-16(8-25-21)15-4-5-17(20(22)31)19(6-15)32-14(2)33-12-30-11-23-10-26-30/h4-11,14H,12H2,1-3H3,(H2,22,31)(H,24,25,27). The van der Waals surface area contributed by atoms with E-state index in [2.05, 4.69) is 30.5 Å². The molecule has 0 saturated heterocycles. The van der Waals surface area contributed by atoms with Gasteiger partial charge in [0.05, 0.1) is 22.8 Å². The zero-order chi connectivity index (χ0) is 23.4. The predicted octanol–water partition coefficient (Wildman–Crippen LogP) is 2.74. The zero-order valence-electron chi connectivity index (χ0n) is 18.3. The molecule has 0 radical (unpaired) electrons. The minimum absolute atomic E-state index is 0.256. The molecule has 0 aliphatic rings. The number of hydrogen-bond acceptors (Lipinski definition) is 9. The van der Waals surface area contributed by atoms with Gasteiger partial charge in [-0.3, -0.25) is 9.48 Å². The Kier molecular flexibility index (Phi) is 6.54. The molecule has 0 bridgehead atoms. The van der Waals surface area contributed by atoms with Gasteiger partial charge < -0.3 is 15.8 Å². The van der Waals surface area contributed by atoms with Crippen LogP contribution < -0.4 is 15.8 Å². The lowest BCUT2D eigenvalue weighted by Gasteiger charge is -2.17. The lowest BCUT2D eigenvalue weighted by Crippen LogP contribution is -2.16. The van der Waals surface area contributed by atoms with Crippen LogP contribution in [0, 0.1) is 6.92 Å². The first-order valence-electron chi connectivity index (χ1n) is 10.0. The molecule has 12 heteroatoms. The maximum Gasteiger partial charge on any atom is 0.252 e. The van der Waals surface area contributed by atoms with E-state index in [1.807, 2.05) is 27.1 Å². The van der Waals surface area contributed by atoms with Gasteiger partial charge in [-0.2, -0.15) is 10.2 Å². The molecule has 33 heavy (non-hydrogen) atoms. The van der Waals surface area contributed by atoms with Crippen LogP contribution in [0.2, 0.25) is 0 Å². The zero-order valence-corrected chi connectivity index (χ0v) is 19.2. The van der Waals surface area contributed by atoms with Crippen LogP contribution in [-0.2, 0) is 12.9 Å². The number of hydrogen-bond donors (Lipinski definition) is 2. The molecular formula is C21H23N9O2S. The number of ether oxygens (including phenoxy) is 1. The number of nitrogens with zero attached hydrogens (tertiary/aromatic N) is 7. The molecule has 3 N–H and O–H groups in total. The number of anilines is 2. The third kappa shape index (κ3) is 5.47. The average molecular weight is 466 g/mol. The average Bonchev–Trinajstić information content (AvgIpc) is 3.42. The summed E-state index contributed by atoms with van der Waals surface area (Å²) < 4.78 is 9.44. The first-order chi connectivity index (χ1) is 15.9. The molecule has 0 spiro atoms. The van der Waals surface area contributed by atoms with Gasteiger partial charge in [-0.05, 0) is 31.5 Å². The fourth-order valence-electron chi connectivity index (χ4n) is 3.08. The largest absolute Gasteiger partial charge is 0.479 e. The molecule has 170 valence electrons. The van der Waals surface area contributed by atoms with Crippen LogP contribution in [0.1, 0.15) is 23.0 Å². The van der Waals surface area contributed by atoms with E-state index in [9.17, 15) is 4.79 Å². The molecule has 1 atom stereocenters. The van der Waals surface area contributed by atoms with E-state index in [1.165, 1.54) is 18.1 Å². The molecule has 4 rings (SSSR count). The quantitative estimate of drug-likeness (QED) is 0.357. The molecule has 0 saturated carbocycles. The maximum atomic E-state index is 11.9. The minimum Gasteiger partial charge on any atom is -0.479 e. The van der Waals surface area contributed by atoms with Crippen LogP contribution in [0.15, 0.2) is 49.4 Å². The summed E-state index contributed by atoms with van der Waals surface area (Å²) in [6, 6.07) is 5.20. The van der Waals surface area contributed by atoms with Gasteiger partial charge in [0.15, 0.2) is 0 Å². The van der Waals surface area contributed by atoms with Gasteiger partial charge in [0, 0.05) is 31.2 Å². The molecular weight excluding hydrogens is 442 g/mol. The summed E-state index contributed by atoms with van der Waals surface area (Å²) in [4.78, 5) is 24.6. The lowest BCUT2D eigenvalue weighted by atomic mass is 10.1. The second kappa shape index (κ2) is 9.69. The van der Waals surface area contributed by atoms with Crippen LogP contribution in [0.25, 0.3) is 11.1 Å². The van der Waals surface area contributed by atoms with Gasteiger partial charge in [0.2, 0.25) is 5.95 Å². The molecule has 11 nitrogen and oxygen atoms in total. The molecule has 3 aromatic heterocycles. The molecule has 0 aliphatic heterocycles. The molecule has 1 unspecified atom stereocenters. The Morgan fingerprint density at radius 2 is 2.06 bits per heavy atom. The van der Waals surface area contributed by atoms with E-state index in [1.54, 1.807) is 46.3 Å². The highest BCUT2D eigenvalue weighted by Crippen LogP contribution is 2.30. The second-order valence-corrected chi connectivity index (χ2v) is 8.47. The Balaban J connectivity index is 1.50. The number of aryl methyl sites for hydroxylation is 2. The van der Waals surface area contributed by atoms with E-state index in [4.69, 9.17) is 10.5 Å². The van der Waals surface area contributed by atoms with Crippen molar-refractivity contribution in [3.05, 3.63) is 60.7 Å². The van der Waals surface area contributed by atoms with Crippen molar-refractivity contribution < 1.29 is 9.53 Å². The van der Waals surface area contributed by atoms with E-state index in [0.29, 0.717) is 23.1 Å². The number of nitrogens with one attached hydrogen (secondary N) is 1. The van der Waals surface area contributed by atoms with Crippen LogP contribution in [0.5, 0.6) is 5.75 Å². The fourth-order valence-corrected chi connectivity index (χ4v) is 3.75. The third-order valence-corrected chi connectivity index (χ3v) is 5.67. The van der Waals surface area contributed by atoms with Gasteiger partial charge in [0.1, 0.15) is 23.8 Å². The van der Waals surface area contributed by atoms with Crippen molar-refractivity contribution in [2.24, 2.45) is 12.8 Å². The fraction of sp³-hybridized carbons (Fsp3) is 0.238. The number of amides is 1. The van der Waals surface area contributed by atoms with Gasteiger partial charge in [0.25, 0.3) is 5.91 Å². The van der Waals surface area contributed by atoms with Gasteiger partial charge in [-0.25, -0.2) is 19.6 Å². The minimum atomic E-state index is -0.562. The highest BCUT2D eigenvalue weighted by atomic mass is 32.2. The van der Waals surface area contributed by atoms with Crippen molar-refractivity contribution in [1.29, 1.82) is 0 Å². The van der Waals surface area contributed by atoms with Crippen molar-refractivity contribution in [2.45, 2.75) is 25.2 Å². The van der Waals surface area contributed by atoms with Crippen molar-refractivity contribution >= 4 is 29.3 Å². The topological polar surface area (TPSA) is 139 Å². The Morgan fingerprint density at radius 1 is 1.27 bits per heavy atom. The molecule has 0 fully saturated rings. The first-order valence-corrected chi connectivity index (χ1v) is 11.1. The van der Waals surface area contributed by atoms with Crippen molar-refractivity contribution in [1.82, 2.24) is 34.5 Å². The van der Waals surface area contributed by atoms with Crippen LogP contribution >= 0.6 is 11.8 Å². The summed E-state index contributed by atoms with van der Waals surface area (Å²) in [6.45, 7) is 3.80. The SMILES string of the molecule is Cc1nn(C)cc1Nc1ncc(-c2ccc(C(N)=O)c(OC(C)SCn3cncn3)c2)cn1. The van der Waals surface area contributed by atoms with Crippen molar-refractivity contribution in [2.75, 3.05) is 5.32 Å². The predicted molar refractivity (Wildman–Crippen MR) is 125 cm³/mol. The van der Waals surface area contributed by atoms with Crippen molar-refractivity contribution in [3.8, 4) is 16.9 Å². The number of aromatic nitrogens is 7. The summed E-state index contributed by atoms with van der Waals surface area (Å²) >= 11 is 1.50. The number of nitrogens with two attached hydrogens (primary N) is 1. The molecule has 0 aliphatic carbocycles. The number of thioether (sulfide) groups is 1. The van der Waals surface area contributed by atoms with E-state index in [0.717, 1.165) is 22.5 Å². The van der Waals surface area contributed by atoms with Crippen LogP contribution in [0.3, 0.4) is 0 Å². The van der Waals surface area contributed by atoms with E-state index >= 15 is 0 Å². The third-order valence-electron chi connectivity index (χ3n) is 4.69. The van der Waals surface area contributed by atoms with Crippen molar-refractivity contribution in [3.63, 3.8) is 0 Å². The summed E-state index contributed by atoms with van der Waals surface area (Å²) in [6.07, 6.45) is 8.37. The highest BCUT2D eigenvalue weighted by Gasteiger charge is 2.15. The van der Waals surface area contributed by atoms with Crippen LogP contribution in [0.4, 0.5) is 11.6 Å². The Bertz CT molecular complexity index is 1240. The molecule has 4 aromatic rings. The Hall–Kier alpha value is -3.93. The van der Waals surface area contributed by atoms with E-state index < -0.39 is 5.91 Å². The van der Waals surface area contributed by atoms with Crippen LogP contribution in [-0.4, -0.2) is 45.9 Å². The van der Waals surface area contributed by atoms with E-state index in [-0.39, 0.29) is 5.44 Å². The summed E-state index contributed by atoms with van der Waals surface area (Å²) in [7, 11) is 1.85.